The van der Waals surface area contributed by atoms with E-state index in [0.717, 1.165) is 92.5 Å². The van der Waals surface area contributed by atoms with Crippen molar-refractivity contribution in [1.29, 1.82) is 0 Å². The summed E-state index contributed by atoms with van der Waals surface area (Å²) in [6.07, 6.45) is 4.42. The largest absolute Gasteiger partial charge is 0.490 e. The highest BCUT2D eigenvalue weighted by Gasteiger charge is 2.22. The quantitative estimate of drug-likeness (QED) is 0.0199. The molecule has 0 saturated carbocycles. The number of aromatic amines is 1. The highest BCUT2D eigenvalue weighted by atomic mass is 16.7. The smallest absolute Gasteiger partial charge is 0.233 e. The fraction of sp³-hybridized carbons (Fsp3) is 0.242. The van der Waals surface area contributed by atoms with Crippen molar-refractivity contribution in [3.63, 3.8) is 0 Å². The van der Waals surface area contributed by atoms with Gasteiger partial charge in [-0.05, 0) is 221 Å². The van der Waals surface area contributed by atoms with E-state index in [1.54, 1.807) is 0 Å². The van der Waals surface area contributed by atoms with Crippen molar-refractivity contribution in [3.8, 4) is 34.5 Å². The van der Waals surface area contributed by atoms with Gasteiger partial charge >= 0.3 is 0 Å². The van der Waals surface area contributed by atoms with Gasteiger partial charge in [-0.15, -0.1) is 0 Å². The number of hydrogen-bond donors (Lipinski definition) is 16. The van der Waals surface area contributed by atoms with Crippen LogP contribution in [0.1, 0.15) is 93.2 Å². The first-order valence-electron chi connectivity index (χ1n) is 45.5. The summed E-state index contributed by atoms with van der Waals surface area (Å²) in [5, 5.41) is 59.3. The van der Waals surface area contributed by atoms with E-state index in [4.69, 9.17) is 28.4 Å². The second kappa shape index (κ2) is 46.2. The fourth-order valence-electron chi connectivity index (χ4n) is 13.9. The van der Waals surface area contributed by atoms with Gasteiger partial charge in [-0.2, -0.15) is 90.2 Å². The molecular weight excluding hydrogens is 1750 g/mol. The highest BCUT2D eigenvalue weighted by Crippen LogP contribution is 2.39. The van der Waals surface area contributed by atoms with E-state index in [0.29, 0.717) is 138 Å². The summed E-state index contributed by atoms with van der Waals surface area (Å²) < 4.78 is 33.4. The van der Waals surface area contributed by atoms with Crippen molar-refractivity contribution < 1.29 is 28.4 Å². The van der Waals surface area contributed by atoms with Crippen molar-refractivity contribution in [2.45, 2.75) is 125 Å². The zero-order chi connectivity index (χ0) is 95.3. The van der Waals surface area contributed by atoms with Crippen molar-refractivity contribution >= 4 is 157 Å². The molecule has 0 atom stereocenters. The minimum Gasteiger partial charge on any atom is -0.490 e. The van der Waals surface area contributed by atoms with Gasteiger partial charge in [-0.3, -0.25) is 0 Å². The maximum absolute atomic E-state index is 5.76. The minimum absolute atomic E-state index is 0.184. The molecule has 16 N–H and O–H groups in total. The van der Waals surface area contributed by atoms with Gasteiger partial charge in [0.15, 0.2) is 34.5 Å². The molecule has 0 saturated heterocycles. The Morgan fingerprint density at radius 2 is 0.500 bits per heavy atom. The summed E-state index contributed by atoms with van der Waals surface area (Å²) in [6.45, 7) is 23.0. The summed E-state index contributed by atoms with van der Waals surface area (Å²) in [6, 6.07) is 79.0. The topological polar surface area (TPSA) is 471 Å². The van der Waals surface area contributed by atoms with Crippen LogP contribution in [0.25, 0.3) is 11.0 Å². The summed E-state index contributed by atoms with van der Waals surface area (Å²) in [5.41, 5.74) is 13.0. The van der Waals surface area contributed by atoms with E-state index in [9.17, 15) is 0 Å². The second-order valence-electron chi connectivity index (χ2n) is 33.1. The number of rotatable bonds is 30. The lowest BCUT2D eigenvalue weighted by molar-refractivity contribution is 0.171. The Bertz CT molecular complexity index is 6510. The number of anilines is 25. The Morgan fingerprint density at radius 3 is 0.855 bits per heavy atom. The molecule has 4 aliphatic rings. The maximum atomic E-state index is 5.76. The molecule has 0 radical (unpaired) electrons. The molecule has 6 aromatic heterocycles. The normalized spacial score (nSPS) is 12.3. The summed E-state index contributed by atoms with van der Waals surface area (Å²) >= 11 is 0. The molecule has 706 valence electrons. The van der Waals surface area contributed by atoms with E-state index in [-0.39, 0.29) is 37.0 Å². The molecule has 0 spiro atoms. The van der Waals surface area contributed by atoms with Gasteiger partial charge in [0, 0.05) is 106 Å². The summed E-state index contributed by atoms with van der Waals surface area (Å²) in [5.74, 6) is 11.3. The SMILES string of the molecule is CC(C)Nc1nc(Nc2ccccc2)nc(Nc2ccc3c(c2)CCC3)n1.CC(C)Nc1nc(Nc2ccccc2)nc(Nc2ccc3c(c2)OCCCO3)n1.CC(C)Nc1nc(Nc2ccccc2)nc(Nc2ccc3c(c2)OCCO3)n1.CC(C)Nc1nc(Nc2ccccc2)nc(Nc2ccc3c(c2)OCO3)n1.CC(C)Nc1nc(Nc2ccccc2)nc(Nc2cccc3n[nH]nc23)n1. The number of aromatic nitrogens is 18. The first-order valence-corrected chi connectivity index (χ1v) is 45.5. The molecule has 0 amide bonds. The highest BCUT2D eigenvalue weighted by molar-refractivity contribution is 5.89. The molecule has 39 heteroatoms. The van der Waals surface area contributed by atoms with E-state index in [1.807, 2.05) is 280 Å². The Morgan fingerprint density at radius 1 is 0.225 bits per heavy atom. The molecule has 3 aliphatic heterocycles. The van der Waals surface area contributed by atoms with Crippen LogP contribution in [-0.2, 0) is 12.8 Å². The van der Waals surface area contributed by atoms with E-state index in [2.05, 4.69) is 202 Å². The lowest BCUT2D eigenvalue weighted by Gasteiger charge is -2.19. The minimum atomic E-state index is 0.184. The molecule has 16 aromatic rings. The summed E-state index contributed by atoms with van der Waals surface area (Å²) in [7, 11) is 0. The molecule has 9 heterocycles. The third kappa shape index (κ3) is 28.0. The van der Waals surface area contributed by atoms with Gasteiger partial charge in [0.2, 0.25) is 96.0 Å². The van der Waals surface area contributed by atoms with Crippen LogP contribution >= 0.6 is 0 Å². The molecule has 20 rings (SSSR count). The van der Waals surface area contributed by atoms with Crippen molar-refractivity contribution in [2.24, 2.45) is 0 Å². The fourth-order valence-corrected chi connectivity index (χ4v) is 13.9. The zero-order valence-corrected chi connectivity index (χ0v) is 77.9. The number of ether oxygens (including phenoxy) is 6. The van der Waals surface area contributed by atoms with Crippen molar-refractivity contribution in [2.75, 3.05) is 113 Å². The van der Waals surface area contributed by atoms with Gasteiger partial charge in [0.05, 0.1) is 18.9 Å². The molecule has 10 aromatic carbocycles. The van der Waals surface area contributed by atoms with Crippen LogP contribution in [0.5, 0.6) is 34.5 Å². The third-order valence-electron chi connectivity index (χ3n) is 19.8. The molecule has 0 fully saturated rings. The summed E-state index contributed by atoms with van der Waals surface area (Å²) in [4.78, 5) is 67.1. The van der Waals surface area contributed by atoms with Crippen LogP contribution in [0.3, 0.4) is 0 Å². The van der Waals surface area contributed by atoms with Crippen LogP contribution in [0.4, 0.5) is 146 Å². The zero-order valence-electron chi connectivity index (χ0n) is 77.9. The standard InChI is InChI=1S/C21H24N6O2.C21H24N6.C20H22N6O2.C19H20N6O2.C18H19N9/c1-14(2)22-19-25-20(23-15-7-4-3-5-8-15)27-21(26-19)24-16-9-10-17-18(13-16)29-12-6-11-28-17;1-14(2)22-19-25-20(23-17-9-4-3-5-10-17)27-21(26-19)24-18-12-11-15-7-6-8-16(15)13-18;1-13(2)21-18-24-19(22-14-6-4-3-5-7-14)26-20(25-18)23-15-8-9-16-17(12-15)28-11-10-27-16;1-12(2)20-17-23-18(21-13-6-4-3-5-7-13)25-19(24-17)22-14-8-9-15-16(10-14)27-11-26-15;1-11(2)19-16-22-17(20-12-7-4-3-5-8-12)24-18(23-16)21-13-9-6-10-14-15(13)26-27-25-14/h3-5,7-10,13-14H,6,11-12H2,1-2H3,(H3,22,23,24,25,26,27);3-5,9-14H,6-8H2,1-2H3,(H3,22,23,24,25,26,27);3-9,12-13H,10-11H2,1-2H3,(H3,21,22,23,24,25,26);3-10,12H,11H2,1-2H3,(H3,20,21,22,23,24,25);3-11H,1-2H3,(H,25,26,27)(H3,19,20,21,22,23,24). The van der Waals surface area contributed by atoms with Gasteiger partial charge in [0.25, 0.3) is 0 Å². The molecular formula is C99H109N33O6. The van der Waals surface area contributed by atoms with Crippen LogP contribution in [0, 0.1) is 0 Å². The first kappa shape index (κ1) is 93.7. The van der Waals surface area contributed by atoms with E-state index in [1.165, 1.54) is 24.0 Å². The lowest BCUT2D eigenvalue weighted by atomic mass is 10.1. The monoisotopic (exact) mass is 1860 g/mol. The Balaban J connectivity index is 0.000000125. The Kier molecular flexibility index (Phi) is 31.4. The molecule has 1 aliphatic carbocycles. The third-order valence-corrected chi connectivity index (χ3v) is 19.8. The van der Waals surface area contributed by atoms with E-state index < -0.39 is 0 Å². The van der Waals surface area contributed by atoms with Crippen LogP contribution in [-0.4, -0.2) is 154 Å². The van der Waals surface area contributed by atoms with Gasteiger partial charge in [0.1, 0.15) is 24.2 Å². The second-order valence-corrected chi connectivity index (χ2v) is 33.1. The average molecular weight is 1860 g/mol. The molecule has 138 heavy (non-hydrogen) atoms. The van der Waals surface area contributed by atoms with Crippen LogP contribution < -0.4 is 108 Å². The first-order chi connectivity index (χ1) is 67.3. The van der Waals surface area contributed by atoms with Gasteiger partial charge in [-0.1, -0.05) is 103 Å². The van der Waals surface area contributed by atoms with E-state index >= 15 is 0 Å². The maximum Gasteiger partial charge on any atom is 0.233 e. The Hall–Kier alpha value is -17.6. The number of aryl methyl sites for hydroxylation is 2. The van der Waals surface area contributed by atoms with Crippen LogP contribution in [0.2, 0.25) is 0 Å². The van der Waals surface area contributed by atoms with Crippen molar-refractivity contribution in [1.82, 2.24) is 90.2 Å². The number of fused-ring (bicyclic) bond motifs is 5. The molecule has 39 nitrogen and oxygen atoms in total. The predicted octanol–water partition coefficient (Wildman–Crippen LogP) is 20.3. The van der Waals surface area contributed by atoms with Gasteiger partial charge in [-0.25, -0.2) is 0 Å². The van der Waals surface area contributed by atoms with Crippen LogP contribution in [0.15, 0.2) is 243 Å². The molecule has 0 unspecified atom stereocenters. The number of hydrogen-bond acceptors (Lipinski definition) is 38. The predicted molar refractivity (Wildman–Crippen MR) is 542 cm³/mol. The number of nitrogens with one attached hydrogen (secondary N) is 16. The van der Waals surface area contributed by atoms with Crippen molar-refractivity contribution in [3.05, 3.63) is 254 Å². The Labute approximate surface area is 797 Å². The lowest BCUT2D eigenvalue weighted by Crippen LogP contribution is -2.16. The molecule has 0 bridgehead atoms. The number of nitrogens with zero attached hydrogens (tertiary/aromatic N) is 17. The average Bonchev–Trinajstić information content (AvgIpc) is 1.61. The number of H-pyrrole nitrogens is 1. The number of para-hydroxylation sites is 6. The number of benzene rings is 10. The van der Waals surface area contributed by atoms with Gasteiger partial charge < -0.3 is 108 Å².